The van der Waals surface area contributed by atoms with Gasteiger partial charge in [-0.05, 0) is 43.7 Å². The number of aryl methyl sites for hydroxylation is 1. The minimum absolute atomic E-state index is 0.129. The first kappa shape index (κ1) is 22.8. The lowest BCUT2D eigenvalue weighted by molar-refractivity contribution is 0.0539. The van der Waals surface area contributed by atoms with E-state index in [0.29, 0.717) is 29.4 Å². The van der Waals surface area contributed by atoms with Crippen LogP contribution in [0.3, 0.4) is 0 Å². The molecule has 0 spiro atoms. The number of amides is 2. The summed E-state index contributed by atoms with van der Waals surface area (Å²) in [6.45, 7) is 4.48. The first-order valence-electron chi connectivity index (χ1n) is 11.0. The van der Waals surface area contributed by atoms with Crippen molar-refractivity contribution >= 4 is 39.4 Å². The van der Waals surface area contributed by atoms with Gasteiger partial charge in [-0.15, -0.1) is 11.3 Å². The molecule has 1 aliphatic rings. The third kappa shape index (κ3) is 4.80. The van der Waals surface area contributed by atoms with Crippen LogP contribution in [0.25, 0.3) is 10.3 Å². The molecule has 2 N–H and O–H groups in total. The van der Waals surface area contributed by atoms with E-state index in [1.165, 1.54) is 29.5 Å². The van der Waals surface area contributed by atoms with E-state index in [9.17, 15) is 14.0 Å². The molecule has 11 heteroatoms. The fourth-order valence-corrected chi connectivity index (χ4v) is 4.67. The van der Waals surface area contributed by atoms with Gasteiger partial charge in [-0.25, -0.2) is 14.4 Å². The second kappa shape index (κ2) is 9.34. The molecule has 1 fully saturated rings. The maximum absolute atomic E-state index is 13.4. The molecule has 1 aliphatic heterocycles. The number of rotatable bonds is 6. The Kier molecular flexibility index (Phi) is 6.08. The van der Waals surface area contributed by atoms with Crippen LogP contribution >= 0.6 is 11.3 Å². The maximum Gasteiger partial charge on any atom is 0.274 e. The molecule has 1 atom stereocenters. The summed E-state index contributed by atoms with van der Waals surface area (Å²) < 4.78 is 14.0. The van der Waals surface area contributed by atoms with Crippen LogP contribution in [0.4, 0.5) is 10.3 Å². The molecule has 9 nitrogen and oxygen atoms in total. The van der Waals surface area contributed by atoms with Crippen molar-refractivity contribution in [1.29, 1.82) is 0 Å². The minimum atomic E-state index is -0.474. The fraction of sp³-hybridized carbons (Fsp3) is 0.250. The largest absolute Gasteiger partial charge is 0.348 e. The van der Waals surface area contributed by atoms with E-state index in [1.807, 2.05) is 26.0 Å². The van der Waals surface area contributed by atoms with E-state index in [2.05, 4.69) is 30.6 Å². The van der Waals surface area contributed by atoms with Gasteiger partial charge in [0.15, 0.2) is 11.3 Å². The van der Waals surface area contributed by atoms with E-state index in [-0.39, 0.29) is 35.2 Å². The van der Waals surface area contributed by atoms with Crippen LogP contribution in [0, 0.1) is 12.7 Å². The number of benzene rings is 1. The molecule has 1 unspecified atom stereocenters. The van der Waals surface area contributed by atoms with E-state index >= 15 is 0 Å². The Labute approximate surface area is 204 Å². The predicted molar refractivity (Wildman–Crippen MR) is 130 cm³/mol. The minimum Gasteiger partial charge on any atom is -0.348 e. The maximum atomic E-state index is 13.4. The highest BCUT2D eigenvalue weighted by Gasteiger charge is 2.34. The number of fused-ring (bicyclic) bond motifs is 1. The van der Waals surface area contributed by atoms with Crippen molar-refractivity contribution in [3.63, 3.8) is 0 Å². The van der Waals surface area contributed by atoms with Crippen LogP contribution in [0.2, 0.25) is 0 Å². The van der Waals surface area contributed by atoms with Crippen LogP contribution in [-0.4, -0.2) is 55.8 Å². The van der Waals surface area contributed by atoms with Crippen LogP contribution in [0.1, 0.15) is 44.4 Å². The standard InChI is InChI=1S/C24H22FN7O2S/c1-13(16-6-4-8-26-10-16)27-24-30-19(20-21(31-24)28-14(2)35-20)23(34)32-11-18(12-32)29-22(33)15-5-3-7-17(25)9-15/h3-10,13,18H,11-12H2,1-2H3,(H,29,33)(H,27,30,31). The number of nitrogens with one attached hydrogen (secondary N) is 2. The van der Waals surface area contributed by atoms with Gasteiger partial charge < -0.3 is 15.5 Å². The molecule has 0 bridgehead atoms. The monoisotopic (exact) mass is 491 g/mol. The van der Waals surface area contributed by atoms with E-state index < -0.39 is 5.82 Å². The molecule has 0 radical (unpaired) electrons. The third-order valence-electron chi connectivity index (χ3n) is 5.68. The zero-order valence-corrected chi connectivity index (χ0v) is 19.8. The first-order valence-corrected chi connectivity index (χ1v) is 11.9. The van der Waals surface area contributed by atoms with Crippen molar-refractivity contribution < 1.29 is 14.0 Å². The Morgan fingerprint density at radius 1 is 1.17 bits per heavy atom. The number of nitrogens with zero attached hydrogens (tertiary/aromatic N) is 5. The summed E-state index contributed by atoms with van der Waals surface area (Å²) in [6.07, 6.45) is 3.46. The van der Waals surface area contributed by atoms with Crippen molar-refractivity contribution in [2.24, 2.45) is 0 Å². The number of thiazole rings is 1. The van der Waals surface area contributed by atoms with Crippen molar-refractivity contribution in [3.8, 4) is 0 Å². The van der Waals surface area contributed by atoms with Crippen LogP contribution in [0.5, 0.6) is 0 Å². The number of pyridine rings is 1. The average Bonchev–Trinajstić information content (AvgIpc) is 3.20. The quantitative estimate of drug-likeness (QED) is 0.425. The van der Waals surface area contributed by atoms with Gasteiger partial charge in [0.2, 0.25) is 5.95 Å². The van der Waals surface area contributed by atoms with Gasteiger partial charge >= 0.3 is 0 Å². The number of carbonyl (C=O) groups excluding carboxylic acids is 2. The Morgan fingerprint density at radius 2 is 2.00 bits per heavy atom. The van der Waals surface area contributed by atoms with E-state index in [4.69, 9.17) is 0 Å². The lowest BCUT2D eigenvalue weighted by Crippen LogP contribution is -2.61. The highest BCUT2D eigenvalue weighted by Crippen LogP contribution is 2.27. The SMILES string of the molecule is Cc1nc2nc(NC(C)c3cccnc3)nc(C(=O)N3CC(NC(=O)c4cccc(F)c4)C3)c2s1. The molecular formula is C24H22FN7O2S. The van der Waals surface area contributed by atoms with Crippen molar-refractivity contribution in [2.75, 3.05) is 18.4 Å². The zero-order chi connectivity index (χ0) is 24.5. The number of halogens is 1. The molecule has 35 heavy (non-hydrogen) atoms. The summed E-state index contributed by atoms with van der Waals surface area (Å²) in [5.74, 6) is -0.800. The summed E-state index contributed by atoms with van der Waals surface area (Å²) >= 11 is 1.37. The number of hydrogen-bond acceptors (Lipinski definition) is 8. The topological polar surface area (TPSA) is 113 Å². The molecule has 3 aromatic heterocycles. The highest BCUT2D eigenvalue weighted by molar-refractivity contribution is 7.18. The average molecular weight is 492 g/mol. The van der Waals surface area contributed by atoms with Crippen molar-refractivity contribution in [3.05, 3.63) is 76.4 Å². The number of carbonyl (C=O) groups is 2. The second-order valence-corrected chi connectivity index (χ2v) is 9.53. The molecule has 4 aromatic rings. The molecule has 0 aliphatic carbocycles. The predicted octanol–water partition coefficient (Wildman–Crippen LogP) is 3.36. The van der Waals surface area contributed by atoms with Crippen molar-refractivity contribution in [1.82, 2.24) is 30.2 Å². The molecule has 1 saturated heterocycles. The molecular weight excluding hydrogens is 469 g/mol. The van der Waals surface area contributed by atoms with Crippen molar-refractivity contribution in [2.45, 2.75) is 25.9 Å². The van der Waals surface area contributed by atoms with Gasteiger partial charge in [-0.1, -0.05) is 12.1 Å². The van der Waals surface area contributed by atoms with Gasteiger partial charge in [-0.2, -0.15) is 4.98 Å². The summed E-state index contributed by atoms with van der Waals surface area (Å²) in [7, 11) is 0. The Hall–Kier alpha value is -3.99. The van der Waals surface area contributed by atoms with Crippen LogP contribution in [-0.2, 0) is 0 Å². The Morgan fingerprint density at radius 3 is 2.74 bits per heavy atom. The number of likely N-dealkylation sites (tertiary alicyclic amines) is 1. The Bertz CT molecular complexity index is 1410. The van der Waals surface area contributed by atoms with E-state index in [1.54, 1.807) is 23.4 Å². The van der Waals surface area contributed by atoms with Crippen LogP contribution < -0.4 is 10.6 Å². The van der Waals surface area contributed by atoms with Gasteiger partial charge in [-0.3, -0.25) is 14.6 Å². The lowest BCUT2D eigenvalue weighted by atomic mass is 10.1. The summed E-state index contributed by atoms with van der Waals surface area (Å²) in [6, 6.07) is 8.94. The number of aromatic nitrogens is 4. The lowest BCUT2D eigenvalue weighted by Gasteiger charge is -2.39. The zero-order valence-electron chi connectivity index (χ0n) is 19.0. The molecule has 0 saturated carbocycles. The van der Waals surface area contributed by atoms with Gasteiger partial charge in [0.05, 0.1) is 17.1 Å². The smallest absolute Gasteiger partial charge is 0.274 e. The van der Waals surface area contributed by atoms with Gasteiger partial charge in [0.25, 0.3) is 11.8 Å². The Balaban J connectivity index is 1.31. The van der Waals surface area contributed by atoms with Gasteiger partial charge in [0, 0.05) is 31.0 Å². The summed E-state index contributed by atoms with van der Waals surface area (Å²) in [4.78, 5) is 44.9. The third-order valence-corrected chi connectivity index (χ3v) is 6.65. The van der Waals surface area contributed by atoms with E-state index in [0.717, 1.165) is 10.6 Å². The molecule has 2 amide bonds. The highest BCUT2D eigenvalue weighted by atomic mass is 32.1. The fourth-order valence-electron chi connectivity index (χ4n) is 3.83. The van der Waals surface area contributed by atoms with Gasteiger partial charge in [0.1, 0.15) is 10.5 Å². The summed E-state index contributed by atoms with van der Waals surface area (Å²) in [5.41, 5.74) is 1.93. The molecule has 178 valence electrons. The second-order valence-electron chi connectivity index (χ2n) is 8.32. The number of anilines is 1. The van der Waals surface area contributed by atoms with Crippen LogP contribution in [0.15, 0.2) is 48.8 Å². The molecule has 5 rings (SSSR count). The molecule has 1 aromatic carbocycles. The number of hydrogen-bond donors (Lipinski definition) is 2. The molecule has 4 heterocycles. The summed E-state index contributed by atoms with van der Waals surface area (Å²) in [5, 5.41) is 6.85. The normalized spacial score (nSPS) is 14.4. The first-order chi connectivity index (χ1) is 16.9.